The summed E-state index contributed by atoms with van der Waals surface area (Å²) in [6.45, 7) is 3.21. The SMILES string of the molecule is Cc1cnc(N)c(S(=O)(=O)Nc2cccc(C(=O)N3CCCCC3)c2)c1. The molecular formula is C18H22N4O3S. The second-order valence-corrected chi connectivity index (χ2v) is 8.09. The molecule has 1 amide bonds. The van der Waals surface area contributed by atoms with Crippen molar-refractivity contribution in [2.45, 2.75) is 31.1 Å². The van der Waals surface area contributed by atoms with Crippen molar-refractivity contribution in [3.63, 3.8) is 0 Å². The molecule has 0 atom stereocenters. The van der Waals surface area contributed by atoms with Gasteiger partial charge >= 0.3 is 0 Å². The molecule has 3 rings (SSSR count). The predicted octanol–water partition coefficient (Wildman–Crippen LogP) is 2.40. The van der Waals surface area contributed by atoms with Crippen LogP contribution in [0.5, 0.6) is 0 Å². The molecule has 1 saturated heterocycles. The van der Waals surface area contributed by atoms with E-state index in [4.69, 9.17) is 5.73 Å². The molecule has 1 aromatic carbocycles. The van der Waals surface area contributed by atoms with E-state index in [-0.39, 0.29) is 16.6 Å². The summed E-state index contributed by atoms with van der Waals surface area (Å²) in [4.78, 5) is 18.2. The Bertz CT molecular complexity index is 922. The molecule has 0 aliphatic carbocycles. The van der Waals surface area contributed by atoms with Gasteiger partial charge in [0.25, 0.3) is 15.9 Å². The second-order valence-electron chi connectivity index (χ2n) is 6.44. The standard InChI is InChI=1S/C18H22N4O3S/c1-13-10-16(17(19)20-12-13)26(24,25)21-15-7-5-6-14(11-15)18(23)22-8-3-2-4-9-22/h5-7,10-12,21H,2-4,8-9H2,1H3,(H2,19,20). The quantitative estimate of drug-likeness (QED) is 0.855. The van der Waals surface area contributed by atoms with Crippen LogP contribution in [0.2, 0.25) is 0 Å². The average molecular weight is 374 g/mol. The Kier molecular flexibility index (Phi) is 5.13. The fourth-order valence-electron chi connectivity index (χ4n) is 2.97. The first-order chi connectivity index (χ1) is 12.4. The Morgan fingerprint density at radius 2 is 1.92 bits per heavy atom. The van der Waals surface area contributed by atoms with E-state index >= 15 is 0 Å². The highest BCUT2D eigenvalue weighted by Crippen LogP contribution is 2.22. The van der Waals surface area contributed by atoms with Gasteiger partial charge in [-0.2, -0.15) is 0 Å². The van der Waals surface area contributed by atoms with Gasteiger partial charge in [-0.1, -0.05) is 6.07 Å². The lowest BCUT2D eigenvalue weighted by molar-refractivity contribution is 0.0724. The summed E-state index contributed by atoms with van der Waals surface area (Å²) in [5, 5.41) is 0. The summed E-state index contributed by atoms with van der Waals surface area (Å²) in [6, 6.07) is 7.97. The lowest BCUT2D eigenvalue weighted by atomic mass is 10.1. The van der Waals surface area contributed by atoms with Gasteiger partial charge in [0.2, 0.25) is 0 Å². The summed E-state index contributed by atoms with van der Waals surface area (Å²) >= 11 is 0. The van der Waals surface area contributed by atoms with Crippen molar-refractivity contribution in [2.75, 3.05) is 23.5 Å². The largest absolute Gasteiger partial charge is 0.383 e. The zero-order valence-electron chi connectivity index (χ0n) is 14.6. The molecule has 138 valence electrons. The molecule has 3 N–H and O–H groups in total. The van der Waals surface area contributed by atoms with Crippen LogP contribution in [0.1, 0.15) is 35.2 Å². The normalized spacial score (nSPS) is 14.9. The summed E-state index contributed by atoms with van der Waals surface area (Å²) in [5.41, 5.74) is 7.18. The number of anilines is 2. The molecule has 0 bridgehead atoms. The zero-order chi connectivity index (χ0) is 18.7. The molecule has 0 saturated carbocycles. The maximum absolute atomic E-state index is 12.6. The highest BCUT2D eigenvalue weighted by Gasteiger charge is 2.21. The third kappa shape index (κ3) is 3.96. The van der Waals surface area contributed by atoms with Gasteiger partial charge in [-0.3, -0.25) is 9.52 Å². The summed E-state index contributed by atoms with van der Waals surface area (Å²) in [7, 11) is -3.90. The number of carbonyl (C=O) groups is 1. The highest BCUT2D eigenvalue weighted by atomic mass is 32.2. The predicted molar refractivity (Wildman–Crippen MR) is 100 cm³/mol. The van der Waals surface area contributed by atoms with Crippen molar-refractivity contribution < 1.29 is 13.2 Å². The molecule has 2 heterocycles. The van der Waals surface area contributed by atoms with E-state index in [1.807, 2.05) is 0 Å². The zero-order valence-corrected chi connectivity index (χ0v) is 15.4. The van der Waals surface area contributed by atoms with Crippen molar-refractivity contribution in [3.05, 3.63) is 47.7 Å². The number of nitrogen functional groups attached to an aromatic ring is 1. The summed E-state index contributed by atoms with van der Waals surface area (Å²) in [5.74, 6) is -0.147. The third-order valence-electron chi connectivity index (χ3n) is 4.31. The summed E-state index contributed by atoms with van der Waals surface area (Å²) < 4.78 is 27.7. The minimum absolute atomic E-state index is 0.0661. The summed E-state index contributed by atoms with van der Waals surface area (Å²) in [6.07, 6.45) is 4.64. The lowest BCUT2D eigenvalue weighted by Crippen LogP contribution is -2.35. The number of carbonyl (C=O) groups excluding carboxylic acids is 1. The van der Waals surface area contributed by atoms with Crippen LogP contribution < -0.4 is 10.5 Å². The smallest absolute Gasteiger partial charge is 0.265 e. The van der Waals surface area contributed by atoms with Gasteiger partial charge < -0.3 is 10.6 Å². The third-order valence-corrected chi connectivity index (χ3v) is 5.72. The van der Waals surface area contributed by atoms with Crippen LogP contribution in [0.4, 0.5) is 11.5 Å². The number of hydrogen-bond donors (Lipinski definition) is 2. The van der Waals surface area contributed by atoms with Crippen LogP contribution in [0.15, 0.2) is 41.4 Å². The number of nitrogens with one attached hydrogen (secondary N) is 1. The van der Waals surface area contributed by atoms with Gasteiger partial charge in [0.1, 0.15) is 10.7 Å². The molecule has 7 nitrogen and oxygen atoms in total. The monoisotopic (exact) mass is 374 g/mol. The van der Waals surface area contributed by atoms with Gasteiger partial charge in [-0.25, -0.2) is 13.4 Å². The van der Waals surface area contributed by atoms with E-state index in [0.717, 1.165) is 32.4 Å². The highest BCUT2D eigenvalue weighted by molar-refractivity contribution is 7.92. The van der Waals surface area contributed by atoms with Gasteiger partial charge in [-0.05, 0) is 56.0 Å². The van der Waals surface area contributed by atoms with Crippen LogP contribution in [0, 0.1) is 6.92 Å². The Morgan fingerprint density at radius 3 is 2.65 bits per heavy atom. The number of likely N-dealkylation sites (tertiary alicyclic amines) is 1. The maximum atomic E-state index is 12.6. The molecule has 0 spiro atoms. The molecule has 1 aromatic heterocycles. The minimum atomic E-state index is -3.90. The number of rotatable bonds is 4. The number of benzene rings is 1. The van der Waals surface area contributed by atoms with E-state index in [9.17, 15) is 13.2 Å². The number of hydrogen-bond acceptors (Lipinski definition) is 5. The van der Waals surface area contributed by atoms with Crippen LogP contribution in [0.25, 0.3) is 0 Å². The van der Waals surface area contributed by atoms with Gasteiger partial charge in [-0.15, -0.1) is 0 Å². The average Bonchev–Trinajstić information content (AvgIpc) is 2.63. The molecule has 1 aliphatic rings. The van der Waals surface area contributed by atoms with E-state index in [0.29, 0.717) is 16.8 Å². The Hall–Kier alpha value is -2.61. The van der Waals surface area contributed by atoms with Crippen LogP contribution >= 0.6 is 0 Å². The fourth-order valence-corrected chi connectivity index (χ4v) is 4.19. The lowest BCUT2D eigenvalue weighted by Gasteiger charge is -2.26. The number of nitrogens with two attached hydrogens (primary N) is 1. The van der Waals surface area contributed by atoms with E-state index in [1.165, 1.54) is 12.3 Å². The number of amides is 1. The van der Waals surface area contributed by atoms with Gasteiger partial charge in [0, 0.05) is 30.5 Å². The molecule has 0 unspecified atom stereocenters. The molecule has 26 heavy (non-hydrogen) atoms. The Balaban J connectivity index is 1.84. The first-order valence-corrected chi connectivity index (χ1v) is 9.99. The van der Waals surface area contributed by atoms with Crippen LogP contribution in [-0.2, 0) is 10.0 Å². The second kappa shape index (κ2) is 7.33. The van der Waals surface area contributed by atoms with E-state index in [2.05, 4.69) is 9.71 Å². The van der Waals surface area contributed by atoms with Gasteiger partial charge in [0.05, 0.1) is 0 Å². The first kappa shape index (κ1) is 18.2. The number of piperidine rings is 1. The number of nitrogens with zero attached hydrogens (tertiary/aromatic N) is 2. The number of aromatic nitrogens is 1. The van der Waals surface area contributed by atoms with Crippen molar-refractivity contribution >= 4 is 27.4 Å². The van der Waals surface area contributed by atoms with E-state index < -0.39 is 10.0 Å². The van der Waals surface area contributed by atoms with Crippen molar-refractivity contribution in [2.24, 2.45) is 0 Å². The number of pyridine rings is 1. The molecule has 2 aromatic rings. The molecule has 8 heteroatoms. The molecule has 0 radical (unpaired) electrons. The van der Waals surface area contributed by atoms with Crippen molar-refractivity contribution in [1.82, 2.24) is 9.88 Å². The molecule has 1 aliphatic heterocycles. The van der Waals surface area contributed by atoms with Crippen molar-refractivity contribution in [1.29, 1.82) is 0 Å². The first-order valence-electron chi connectivity index (χ1n) is 8.51. The Labute approximate surface area is 153 Å². The minimum Gasteiger partial charge on any atom is -0.383 e. The van der Waals surface area contributed by atoms with E-state index in [1.54, 1.807) is 36.1 Å². The fraction of sp³-hybridized carbons (Fsp3) is 0.333. The van der Waals surface area contributed by atoms with Crippen molar-refractivity contribution in [3.8, 4) is 0 Å². The maximum Gasteiger partial charge on any atom is 0.265 e. The molecule has 1 fully saturated rings. The van der Waals surface area contributed by atoms with Gasteiger partial charge in [0.15, 0.2) is 0 Å². The van der Waals surface area contributed by atoms with Crippen LogP contribution in [-0.4, -0.2) is 37.3 Å². The molecular weight excluding hydrogens is 352 g/mol. The number of sulfonamides is 1. The van der Waals surface area contributed by atoms with Crippen LogP contribution in [0.3, 0.4) is 0 Å². The topological polar surface area (TPSA) is 105 Å². The number of aryl methyl sites for hydroxylation is 1. The Morgan fingerprint density at radius 1 is 1.19 bits per heavy atom.